The van der Waals surface area contributed by atoms with E-state index in [0.29, 0.717) is 41.4 Å². The van der Waals surface area contributed by atoms with Gasteiger partial charge in [0.15, 0.2) is 10.9 Å². The van der Waals surface area contributed by atoms with Crippen molar-refractivity contribution in [2.45, 2.75) is 6.92 Å². The molecule has 0 saturated carbocycles. The summed E-state index contributed by atoms with van der Waals surface area (Å²) in [4.78, 5) is 27.1. The Morgan fingerprint density at radius 2 is 1.77 bits per heavy atom. The van der Waals surface area contributed by atoms with Gasteiger partial charge in [-0.15, -0.1) is 0 Å². The van der Waals surface area contributed by atoms with Crippen LogP contribution in [0, 0.1) is 6.92 Å². The molecular formula is C25H17Cl3N2O3S2. The van der Waals surface area contributed by atoms with E-state index in [2.05, 4.69) is 5.32 Å². The van der Waals surface area contributed by atoms with Gasteiger partial charge in [0.2, 0.25) is 0 Å². The second-order valence-electron chi connectivity index (χ2n) is 7.49. The van der Waals surface area contributed by atoms with Crippen molar-refractivity contribution in [1.29, 1.82) is 0 Å². The third kappa shape index (κ3) is 6.18. The van der Waals surface area contributed by atoms with Crippen molar-refractivity contribution in [2.75, 3.05) is 16.8 Å². The molecule has 1 aliphatic rings. The summed E-state index contributed by atoms with van der Waals surface area (Å²) in [5.74, 6) is -0.0418. The molecule has 1 saturated heterocycles. The van der Waals surface area contributed by atoms with E-state index in [0.717, 1.165) is 11.1 Å². The number of halogens is 3. The van der Waals surface area contributed by atoms with Gasteiger partial charge in [-0.2, -0.15) is 0 Å². The van der Waals surface area contributed by atoms with Crippen LogP contribution in [0.15, 0.2) is 65.6 Å². The average Bonchev–Trinajstić information content (AvgIpc) is 3.10. The molecule has 1 heterocycles. The first-order chi connectivity index (χ1) is 16.7. The van der Waals surface area contributed by atoms with Gasteiger partial charge in [0, 0.05) is 10.7 Å². The number of amides is 2. The smallest absolute Gasteiger partial charge is 0.270 e. The maximum atomic E-state index is 13.0. The number of thioether (sulfide) groups is 1. The number of hydrogen-bond donors (Lipinski definition) is 1. The summed E-state index contributed by atoms with van der Waals surface area (Å²) in [5, 5.41) is 4.02. The Morgan fingerprint density at radius 3 is 2.46 bits per heavy atom. The second-order valence-corrected chi connectivity index (χ2v) is 10.4. The molecule has 1 N–H and O–H groups in total. The van der Waals surface area contributed by atoms with Crippen LogP contribution < -0.4 is 15.0 Å². The Kier molecular flexibility index (Phi) is 8.04. The number of ether oxygens (including phenoxy) is 1. The predicted octanol–water partition coefficient (Wildman–Crippen LogP) is 7.38. The van der Waals surface area contributed by atoms with Gasteiger partial charge in [0.25, 0.3) is 11.8 Å². The zero-order valence-corrected chi connectivity index (χ0v) is 22.1. The molecule has 0 aromatic heterocycles. The molecule has 0 spiro atoms. The molecule has 1 aliphatic heterocycles. The Labute approximate surface area is 227 Å². The van der Waals surface area contributed by atoms with Crippen LogP contribution in [-0.4, -0.2) is 22.7 Å². The van der Waals surface area contributed by atoms with Gasteiger partial charge >= 0.3 is 0 Å². The molecule has 3 aromatic rings. The number of thiocarbonyl (C=S) groups is 1. The van der Waals surface area contributed by atoms with Crippen LogP contribution in [-0.2, 0) is 9.59 Å². The van der Waals surface area contributed by atoms with Crippen molar-refractivity contribution in [3.8, 4) is 5.75 Å². The maximum absolute atomic E-state index is 13.0. The lowest BCUT2D eigenvalue weighted by atomic mass is 10.2. The molecule has 0 bridgehead atoms. The molecule has 4 rings (SSSR count). The molecule has 0 radical (unpaired) electrons. The lowest BCUT2D eigenvalue weighted by Gasteiger charge is -2.15. The first-order valence-electron chi connectivity index (χ1n) is 10.2. The maximum Gasteiger partial charge on any atom is 0.270 e. The molecule has 35 heavy (non-hydrogen) atoms. The van der Waals surface area contributed by atoms with Crippen LogP contribution >= 0.6 is 58.8 Å². The minimum Gasteiger partial charge on any atom is -0.484 e. The number of carbonyl (C=O) groups is 2. The summed E-state index contributed by atoms with van der Waals surface area (Å²) in [6.45, 7) is 1.71. The van der Waals surface area contributed by atoms with Crippen molar-refractivity contribution >= 4 is 92.4 Å². The largest absolute Gasteiger partial charge is 0.484 e. The van der Waals surface area contributed by atoms with E-state index in [1.54, 1.807) is 54.6 Å². The first kappa shape index (κ1) is 25.5. The lowest BCUT2D eigenvalue weighted by Crippen LogP contribution is -2.27. The van der Waals surface area contributed by atoms with Crippen LogP contribution in [0.1, 0.15) is 11.1 Å². The van der Waals surface area contributed by atoms with E-state index < -0.39 is 0 Å². The summed E-state index contributed by atoms with van der Waals surface area (Å²) in [7, 11) is 0. The van der Waals surface area contributed by atoms with Gasteiger partial charge in [-0.25, -0.2) is 0 Å². The Bertz CT molecular complexity index is 1360. The Hall–Kier alpha value is -2.55. The molecule has 1 fully saturated rings. The fraction of sp³-hybridized carbons (Fsp3) is 0.0800. The predicted molar refractivity (Wildman–Crippen MR) is 149 cm³/mol. The summed E-state index contributed by atoms with van der Waals surface area (Å²) in [6, 6.07) is 17.2. The molecule has 0 atom stereocenters. The number of benzene rings is 3. The molecule has 3 aromatic carbocycles. The van der Waals surface area contributed by atoms with Crippen molar-refractivity contribution in [3.63, 3.8) is 0 Å². The van der Waals surface area contributed by atoms with Crippen LogP contribution in [0.25, 0.3) is 6.08 Å². The van der Waals surface area contributed by atoms with Crippen molar-refractivity contribution in [3.05, 3.63) is 91.8 Å². The Morgan fingerprint density at radius 1 is 1.03 bits per heavy atom. The van der Waals surface area contributed by atoms with E-state index in [9.17, 15) is 9.59 Å². The lowest BCUT2D eigenvalue weighted by molar-refractivity contribution is -0.118. The standard InChI is InChI=1S/C25H17Cl3N2O3S2/c1-14-2-6-17(12-20(14)27)30-24(32)22(35-25(30)34)10-15-3-7-18(8-4-15)33-13-23(31)29-16-5-9-19(26)21(28)11-16/h2-12H,13H2,1H3,(H,29,31)/b22-10-. The van der Waals surface area contributed by atoms with Crippen LogP contribution in [0.4, 0.5) is 11.4 Å². The highest BCUT2D eigenvalue weighted by atomic mass is 35.5. The minimum absolute atomic E-state index is 0.183. The number of anilines is 2. The summed E-state index contributed by atoms with van der Waals surface area (Å²) in [6.07, 6.45) is 1.76. The molecule has 0 aliphatic carbocycles. The topological polar surface area (TPSA) is 58.6 Å². The van der Waals surface area contributed by atoms with Crippen molar-refractivity contribution in [2.24, 2.45) is 0 Å². The van der Waals surface area contributed by atoms with E-state index in [-0.39, 0.29) is 18.4 Å². The number of nitrogens with one attached hydrogen (secondary N) is 1. The first-order valence-corrected chi connectivity index (χ1v) is 12.6. The SMILES string of the molecule is Cc1ccc(N2C(=O)/C(=C/c3ccc(OCC(=O)Nc4ccc(Cl)c(Cl)c4)cc3)SC2=S)cc1Cl. The van der Waals surface area contributed by atoms with Gasteiger partial charge < -0.3 is 10.1 Å². The number of carbonyl (C=O) groups excluding carboxylic acids is 2. The highest BCUT2D eigenvalue weighted by molar-refractivity contribution is 8.27. The van der Waals surface area contributed by atoms with E-state index >= 15 is 0 Å². The van der Waals surface area contributed by atoms with E-state index in [4.69, 9.17) is 51.8 Å². The Balaban J connectivity index is 1.37. The van der Waals surface area contributed by atoms with E-state index in [1.807, 2.05) is 19.1 Å². The van der Waals surface area contributed by atoms with Gasteiger partial charge in [0.05, 0.1) is 20.6 Å². The highest BCUT2D eigenvalue weighted by Gasteiger charge is 2.33. The molecule has 0 unspecified atom stereocenters. The van der Waals surface area contributed by atoms with Crippen molar-refractivity contribution < 1.29 is 14.3 Å². The summed E-state index contributed by atoms with van der Waals surface area (Å²) < 4.78 is 5.99. The van der Waals surface area contributed by atoms with Crippen LogP contribution in [0.3, 0.4) is 0 Å². The zero-order valence-electron chi connectivity index (χ0n) is 18.2. The third-order valence-corrected chi connectivity index (χ3v) is 7.41. The quantitative estimate of drug-likeness (QED) is 0.250. The third-order valence-electron chi connectivity index (χ3n) is 4.96. The van der Waals surface area contributed by atoms with Crippen LogP contribution in [0.2, 0.25) is 15.1 Å². The fourth-order valence-electron chi connectivity index (χ4n) is 3.14. The number of nitrogens with zero attached hydrogens (tertiary/aromatic N) is 1. The molecular weight excluding hydrogens is 547 g/mol. The number of rotatable bonds is 6. The van der Waals surface area contributed by atoms with Gasteiger partial charge in [-0.1, -0.05) is 77.0 Å². The molecule has 178 valence electrons. The fourth-order valence-corrected chi connectivity index (χ4v) is 4.91. The van der Waals surface area contributed by atoms with Gasteiger partial charge in [-0.05, 0) is 66.6 Å². The number of aryl methyl sites for hydroxylation is 1. The molecule has 2 amide bonds. The average molecular weight is 564 g/mol. The monoisotopic (exact) mass is 562 g/mol. The highest BCUT2D eigenvalue weighted by Crippen LogP contribution is 2.37. The zero-order chi connectivity index (χ0) is 25.1. The number of hydrogen-bond acceptors (Lipinski definition) is 5. The normalized spacial score (nSPS) is 14.5. The van der Waals surface area contributed by atoms with E-state index in [1.165, 1.54) is 16.7 Å². The summed E-state index contributed by atoms with van der Waals surface area (Å²) in [5.41, 5.74) is 2.87. The minimum atomic E-state index is -0.340. The molecule has 5 nitrogen and oxygen atoms in total. The second kappa shape index (κ2) is 11.0. The van der Waals surface area contributed by atoms with Crippen molar-refractivity contribution in [1.82, 2.24) is 0 Å². The van der Waals surface area contributed by atoms with Crippen LogP contribution in [0.5, 0.6) is 5.75 Å². The summed E-state index contributed by atoms with van der Waals surface area (Å²) >= 11 is 24.7. The van der Waals surface area contributed by atoms with Gasteiger partial charge in [0.1, 0.15) is 5.75 Å². The van der Waals surface area contributed by atoms with Gasteiger partial charge in [-0.3, -0.25) is 14.5 Å². The molecule has 10 heteroatoms.